The molecule has 2 aromatic rings. The topological polar surface area (TPSA) is 104 Å². The SMILES string of the molecule is CCOc1cc([C@H]2C(=C(O)c3ccc4c(c3)OCCO4)C(=O)C(=O)N2CCCOC)ccc1OCCC(C)C. The van der Waals surface area contributed by atoms with Crippen LogP contribution in [0.2, 0.25) is 0 Å². The molecule has 0 unspecified atom stereocenters. The summed E-state index contributed by atoms with van der Waals surface area (Å²) in [6.45, 7) is 8.60. The van der Waals surface area contributed by atoms with E-state index in [1.165, 1.54) is 4.90 Å². The zero-order valence-corrected chi connectivity index (χ0v) is 23.0. The largest absolute Gasteiger partial charge is 0.507 e. The summed E-state index contributed by atoms with van der Waals surface area (Å²) in [5, 5.41) is 11.4. The van der Waals surface area contributed by atoms with Crippen molar-refractivity contribution in [3.8, 4) is 23.0 Å². The maximum Gasteiger partial charge on any atom is 0.295 e. The van der Waals surface area contributed by atoms with E-state index in [-0.39, 0.29) is 17.9 Å². The maximum absolute atomic E-state index is 13.4. The van der Waals surface area contributed by atoms with E-state index in [1.54, 1.807) is 37.4 Å². The Morgan fingerprint density at radius 3 is 2.51 bits per heavy atom. The molecule has 0 bridgehead atoms. The summed E-state index contributed by atoms with van der Waals surface area (Å²) >= 11 is 0. The zero-order chi connectivity index (χ0) is 27.9. The standard InChI is InChI=1S/C30H37NO8/c1-5-36-24-17-20(7-9-22(24)37-14-11-19(2)3)27-26(29(33)30(34)31(27)12-6-13-35-4)28(32)21-8-10-23-25(18-21)39-16-15-38-23/h7-10,17-19,27,32H,5-6,11-16H2,1-4H3/t27-/m0/s1. The van der Waals surface area contributed by atoms with Gasteiger partial charge in [0.2, 0.25) is 0 Å². The van der Waals surface area contributed by atoms with Crippen LogP contribution in [0.25, 0.3) is 5.76 Å². The fourth-order valence-electron chi connectivity index (χ4n) is 4.67. The minimum atomic E-state index is -0.820. The van der Waals surface area contributed by atoms with Crippen LogP contribution < -0.4 is 18.9 Å². The van der Waals surface area contributed by atoms with Gasteiger partial charge < -0.3 is 33.7 Å². The van der Waals surface area contributed by atoms with Crippen molar-refractivity contribution in [1.29, 1.82) is 0 Å². The number of amides is 1. The molecule has 2 aliphatic heterocycles. The smallest absolute Gasteiger partial charge is 0.295 e. The van der Waals surface area contributed by atoms with Crippen LogP contribution in [0, 0.1) is 5.92 Å². The van der Waals surface area contributed by atoms with Crippen LogP contribution >= 0.6 is 0 Å². The highest BCUT2D eigenvalue weighted by atomic mass is 16.6. The number of hydrogen-bond acceptors (Lipinski definition) is 8. The van der Waals surface area contributed by atoms with E-state index in [0.717, 1.165) is 6.42 Å². The van der Waals surface area contributed by atoms with E-state index in [0.29, 0.717) is 79.5 Å². The van der Waals surface area contributed by atoms with Crippen LogP contribution in [-0.4, -0.2) is 68.4 Å². The third-order valence-electron chi connectivity index (χ3n) is 6.64. The molecule has 4 rings (SSSR count). The van der Waals surface area contributed by atoms with E-state index >= 15 is 0 Å². The first-order chi connectivity index (χ1) is 18.8. The summed E-state index contributed by atoms with van der Waals surface area (Å²) in [5.41, 5.74) is 0.994. The molecule has 0 aromatic heterocycles. The second kappa shape index (κ2) is 12.9. The third-order valence-corrected chi connectivity index (χ3v) is 6.64. The summed E-state index contributed by atoms with van der Waals surface area (Å²) < 4.78 is 28.3. The first-order valence-electron chi connectivity index (χ1n) is 13.4. The molecule has 2 aromatic carbocycles. The normalized spacial score (nSPS) is 18.1. The number of aliphatic hydroxyl groups excluding tert-OH is 1. The van der Waals surface area contributed by atoms with Crippen LogP contribution in [0.3, 0.4) is 0 Å². The minimum Gasteiger partial charge on any atom is -0.507 e. The molecule has 9 nitrogen and oxygen atoms in total. The molecule has 0 spiro atoms. The van der Waals surface area contributed by atoms with Crippen LogP contribution in [-0.2, 0) is 14.3 Å². The van der Waals surface area contributed by atoms with E-state index in [9.17, 15) is 14.7 Å². The third kappa shape index (κ3) is 6.30. The number of carbonyl (C=O) groups excluding carboxylic acids is 2. The van der Waals surface area contributed by atoms with Crippen LogP contribution in [0.1, 0.15) is 50.8 Å². The van der Waals surface area contributed by atoms with E-state index in [4.69, 9.17) is 23.7 Å². The average Bonchev–Trinajstić information content (AvgIpc) is 3.18. The number of ketones is 1. The van der Waals surface area contributed by atoms with Gasteiger partial charge in [-0.15, -0.1) is 0 Å². The van der Waals surface area contributed by atoms with Gasteiger partial charge in [0.15, 0.2) is 23.0 Å². The molecule has 1 N–H and O–H groups in total. The number of fused-ring (bicyclic) bond motifs is 1. The molecule has 9 heteroatoms. The fourth-order valence-corrected chi connectivity index (χ4v) is 4.67. The van der Waals surface area contributed by atoms with Crippen molar-refractivity contribution >= 4 is 17.4 Å². The number of likely N-dealkylation sites (tertiary alicyclic amines) is 1. The number of ether oxygens (including phenoxy) is 5. The number of hydrogen-bond donors (Lipinski definition) is 1. The van der Waals surface area contributed by atoms with Gasteiger partial charge in [0.05, 0.1) is 24.8 Å². The number of nitrogens with zero attached hydrogens (tertiary/aromatic N) is 1. The predicted molar refractivity (Wildman–Crippen MR) is 145 cm³/mol. The van der Waals surface area contributed by atoms with Gasteiger partial charge >= 0.3 is 0 Å². The van der Waals surface area contributed by atoms with E-state index in [1.807, 2.05) is 13.0 Å². The summed E-state index contributed by atoms with van der Waals surface area (Å²) in [6, 6.07) is 9.52. The Labute approximate surface area is 229 Å². The predicted octanol–water partition coefficient (Wildman–Crippen LogP) is 4.74. The summed E-state index contributed by atoms with van der Waals surface area (Å²) in [4.78, 5) is 28.1. The van der Waals surface area contributed by atoms with Gasteiger partial charge in [0, 0.05) is 25.8 Å². The highest BCUT2D eigenvalue weighted by Crippen LogP contribution is 2.43. The summed E-state index contributed by atoms with van der Waals surface area (Å²) in [7, 11) is 1.58. The van der Waals surface area contributed by atoms with Gasteiger partial charge in [-0.1, -0.05) is 19.9 Å². The van der Waals surface area contributed by atoms with Gasteiger partial charge in [-0.25, -0.2) is 0 Å². The van der Waals surface area contributed by atoms with Gasteiger partial charge in [0.1, 0.15) is 19.0 Å². The molecule has 1 saturated heterocycles. The van der Waals surface area contributed by atoms with Gasteiger partial charge in [-0.05, 0) is 61.6 Å². The van der Waals surface area contributed by atoms with Crippen molar-refractivity contribution in [2.75, 3.05) is 46.7 Å². The molecule has 2 heterocycles. The Morgan fingerprint density at radius 1 is 1.03 bits per heavy atom. The molecule has 2 aliphatic rings. The molecule has 210 valence electrons. The van der Waals surface area contributed by atoms with E-state index in [2.05, 4.69) is 13.8 Å². The molecule has 39 heavy (non-hydrogen) atoms. The second-order valence-electron chi connectivity index (χ2n) is 9.87. The lowest BCUT2D eigenvalue weighted by Crippen LogP contribution is -2.31. The van der Waals surface area contributed by atoms with Crippen molar-refractivity contribution in [2.45, 2.75) is 39.7 Å². The number of aliphatic hydroxyl groups is 1. The molecule has 1 atom stereocenters. The van der Waals surface area contributed by atoms with Crippen LogP contribution in [0.5, 0.6) is 23.0 Å². The fraction of sp³-hybridized carbons (Fsp3) is 0.467. The number of benzene rings is 2. The molecule has 0 radical (unpaired) electrons. The van der Waals surface area contributed by atoms with Crippen LogP contribution in [0.15, 0.2) is 42.0 Å². The Kier molecular flexibility index (Phi) is 9.35. The van der Waals surface area contributed by atoms with Gasteiger partial charge in [0.25, 0.3) is 11.7 Å². The van der Waals surface area contributed by atoms with Crippen molar-refractivity contribution in [3.05, 3.63) is 53.1 Å². The quantitative estimate of drug-likeness (QED) is 0.179. The first kappa shape index (κ1) is 28.3. The number of methoxy groups -OCH3 is 1. The molecule has 1 fully saturated rings. The van der Waals surface area contributed by atoms with E-state index < -0.39 is 17.7 Å². The molecular weight excluding hydrogens is 502 g/mol. The zero-order valence-electron chi connectivity index (χ0n) is 23.0. The van der Waals surface area contributed by atoms with Crippen LogP contribution in [0.4, 0.5) is 0 Å². The van der Waals surface area contributed by atoms with Gasteiger partial charge in [-0.3, -0.25) is 9.59 Å². The minimum absolute atomic E-state index is 0.00465. The number of rotatable bonds is 12. The highest BCUT2D eigenvalue weighted by molar-refractivity contribution is 6.46. The van der Waals surface area contributed by atoms with Crippen molar-refractivity contribution in [2.24, 2.45) is 5.92 Å². The second-order valence-corrected chi connectivity index (χ2v) is 9.87. The lowest BCUT2D eigenvalue weighted by molar-refractivity contribution is -0.140. The van der Waals surface area contributed by atoms with Crippen molar-refractivity contribution in [3.63, 3.8) is 0 Å². The lowest BCUT2D eigenvalue weighted by Gasteiger charge is -2.26. The Hall–Kier alpha value is -3.72. The Morgan fingerprint density at radius 2 is 1.79 bits per heavy atom. The molecule has 1 amide bonds. The molecular formula is C30H37NO8. The van der Waals surface area contributed by atoms with Crippen molar-refractivity contribution in [1.82, 2.24) is 4.90 Å². The van der Waals surface area contributed by atoms with Crippen molar-refractivity contribution < 1.29 is 38.4 Å². The monoisotopic (exact) mass is 539 g/mol. The molecule has 0 aliphatic carbocycles. The number of Topliss-reactive ketones (excluding diaryl/α,β-unsaturated/α-hetero) is 1. The summed E-state index contributed by atoms with van der Waals surface area (Å²) in [6.07, 6.45) is 1.42. The van der Waals surface area contributed by atoms with Gasteiger partial charge in [-0.2, -0.15) is 0 Å². The number of carbonyl (C=O) groups is 2. The summed E-state index contributed by atoms with van der Waals surface area (Å²) in [5.74, 6) is 0.920. The highest BCUT2D eigenvalue weighted by Gasteiger charge is 2.46. The first-order valence-corrected chi connectivity index (χ1v) is 13.4. The molecule has 0 saturated carbocycles. The Bertz CT molecular complexity index is 1220. The Balaban J connectivity index is 1.77. The average molecular weight is 540 g/mol. The maximum atomic E-state index is 13.4. The lowest BCUT2D eigenvalue weighted by atomic mass is 9.94.